The summed E-state index contributed by atoms with van der Waals surface area (Å²) in [6.45, 7) is 3.25. The zero-order chi connectivity index (χ0) is 14.8. The fraction of sp³-hybridized carbons (Fsp3) is 0.769. The third-order valence-electron chi connectivity index (χ3n) is 3.23. The second kappa shape index (κ2) is 6.13. The molecule has 1 heterocycles. The van der Waals surface area contributed by atoms with Gasteiger partial charge in [0.1, 0.15) is 0 Å². The van der Waals surface area contributed by atoms with Gasteiger partial charge in [0.05, 0.1) is 18.8 Å². The Labute approximate surface area is 116 Å². The predicted octanol–water partition coefficient (Wildman–Crippen LogP) is 2.70. The van der Waals surface area contributed by atoms with Crippen LogP contribution >= 0.6 is 0 Å². The van der Waals surface area contributed by atoms with E-state index in [0.29, 0.717) is 18.3 Å². The highest BCUT2D eigenvalue weighted by molar-refractivity contribution is 5.06. The molecule has 0 amide bonds. The Bertz CT molecular complexity index is 427. The fourth-order valence-corrected chi connectivity index (χ4v) is 1.90. The van der Waals surface area contributed by atoms with Crippen LogP contribution in [-0.2, 0) is 13.1 Å². The first-order chi connectivity index (χ1) is 9.33. The van der Waals surface area contributed by atoms with Gasteiger partial charge in [-0.05, 0) is 26.7 Å². The van der Waals surface area contributed by atoms with Gasteiger partial charge in [-0.25, -0.2) is 0 Å². The lowest BCUT2D eigenvalue weighted by atomic mass is 10.2. The van der Waals surface area contributed by atoms with E-state index in [1.54, 1.807) is 19.9 Å². The SMILES string of the molecule is CC(C)N(Cc1cc(CNC2CC2)no1)CC(F)(F)F. The summed E-state index contributed by atoms with van der Waals surface area (Å²) in [5, 5.41) is 7.16. The molecule has 0 spiro atoms. The Morgan fingerprint density at radius 2 is 2.15 bits per heavy atom. The average molecular weight is 291 g/mol. The van der Waals surface area contributed by atoms with Gasteiger partial charge < -0.3 is 9.84 Å². The molecule has 1 aromatic rings. The van der Waals surface area contributed by atoms with Crippen molar-refractivity contribution < 1.29 is 17.7 Å². The normalized spacial score (nSPS) is 16.4. The second-order valence-electron chi connectivity index (χ2n) is 5.55. The molecule has 1 fully saturated rings. The molecule has 1 aliphatic rings. The summed E-state index contributed by atoms with van der Waals surface area (Å²) in [5.41, 5.74) is 0.739. The first-order valence-corrected chi connectivity index (χ1v) is 6.82. The number of hydrogen-bond acceptors (Lipinski definition) is 4. The summed E-state index contributed by atoms with van der Waals surface area (Å²) < 4.78 is 42.6. The zero-order valence-corrected chi connectivity index (χ0v) is 11.7. The van der Waals surface area contributed by atoms with Crippen LogP contribution in [0.1, 0.15) is 38.1 Å². The molecule has 0 saturated heterocycles. The molecule has 2 rings (SSSR count). The number of hydrogen-bond donors (Lipinski definition) is 1. The first-order valence-electron chi connectivity index (χ1n) is 6.82. The topological polar surface area (TPSA) is 41.3 Å². The van der Waals surface area contributed by atoms with E-state index in [1.165, 1.54) is 17.7 Å². The summed E-state index contributed by atoms with van der Waals surface area (Å²) in [6, 6.07) is 2.07. The minimum atomic E-state index is -4.21. The van der Waals surface area contributed by atoms with Gasteiger partial charge in [-0.3, -0.25) is 4.90 Å². The van der Waals surface area contributed by atoms with Crippen molar-refractivity contribution in [2.24, 2.45) is 0 Å². The quantitative estimate of drug-likeness (QED) is 0.838. The number of aromatic nitrogens is 1. The van der Waals surface area contributed by atoms with E-state index in [-0.39, 0.29) is 12.6 Å². The third-order valence-corrected chi connectivity index (χ3v) is 3.23. The number of halogens is 3. The van der Waals surface area contributed by atoms with Crippen molar-refractivity contribution in [3.63, 3.8) is 0 Å². The van der Waals surface area contributed by atoms with Crippen molar-refractivity contribution in [2.75, 3.05) is 6.54 Å². The van der Waals surface area contributed by atoms with Crippen LogP contribution in [0.2, 0.25) is 0 Å². The number of alkyl halides is 3. The number of nitrogens with zero attached hydrogens (tertiary/aromatic N) is 2. The van der Waals surface area contributed by atoms with Crippen LogP contribution < -0.4 is 5.32 Å². The Balaban J connectivity index is 1.88. The molecule has 0 radical (unpaired) electrons. The molecule has 0 atom stereocenters. The van der Waals surface area contributed by atoms with Crippen molar-refractivity contribution in [1.82, 2.24) is 15.4 Å². The smallest absolute Gasteiger partial charge is 0.360 e. The van der Waals surface area contributed by atoms with Crippen LogP contribution in [0.3, 0.4) is 0 Å². The van der Waals surface area contributed by atoms with Gasteiger partial charge in [0, 0.05) is 24.7 Å². The molecule has 0 aliphatic heterocycles. The van der Waals surface area contributed by atoms with Gasteiger partial charge in [0.25, 0.3) is 0 Å². The molecule has 0 aromatic carbocycles. The van der Waals surface area contributed by atoms with Crippen molar-refractivity contribution in [1.29, 1.82) is 0 Å². The summed E-state index contributed by atoms with van der Waals surface area (Å²) in [6.07, 6.45) is -1.85. The Kier molecular flexibility index (Phi) is 4.70. The van der Waals surface area contributed by atoms with E-state index in [2.05, 4.69) is 10.5 Å². The lowest BCUT2D eigenvalue weighted by Gasteiger charge is -2.26. The highest BCUT2D eigenvalue weighted by atomic mass is 19.4. The Morgan fingerprint density at radius 1 is 1.45 bits per heavy atom. The van der Waals surface area contributed by atoms with E-state index in [1.807, 2.05) is 0 Å². The lowest BCUT2D eigenvalue weighted by Crippen LogP contribution is -2.38. The molecule has 0 unspecified atom stereocenters. The van der Waals surface area contributed by atoms with Gasteiger partial charge in [-0.15, -0.1) is 0 Å². The fourth-order valence-electron chi connectivity index (χ4n) is 1.90. The maximum Gasteiger partial charge on any atom is 0.401 e. The molecular formula is C13H20F3N3O. The summed E-state index contributed by atoms with van der Waals surface area (Å²) in [4.78, 5) is 1.32. The lowest BCUT2D eigenvalue weighted by molar-refractivity contribution is -0.151. The van der Waals surface area contributed by atoms with Crippen LogP contribution in [0.4, 0.5) is 13.2 Å². The molecule has 114 valence electrons. The molecule has 1 aliphatic carbocycles. The summed E-state index contributed by atoms with van der Waals surface area (Å²) in [7, 11) is 0. The van der Waals surface area contributed by atoms with Crippen molar-refractivity contribution in [3.05, 3.63) is 17.5 Å². The van der Waals surface area contributed by atoms with E-state index in [0.717, 1.165) is 5.69 Å². The van der Waals surface area contributed by atoms with Crippen molar-refractivity contribution in [3.8, 4) is 0 Å². The highest BCUT2D eigenvalue weighted by Gasteiger charge is 2.32. The van der Waals surface area contributed by atoms with Crippen LogP contribution in [0, 0.1) is 0 Å². The van der Waals surface area contributed by atoms with Gasteiger partial charge >= 0.3 is 6.18 Å². The molecule has 1 N–H and O–H groups in total. The van der Waals surface area contributed by atoms with Crippen LogP contribution in [0.25, 0.3) is 0 Å². The molecule has 0 bridgehead atoms. The van der Waals surface area contributed by atoms with Gasteiger partial charge in [0.15, 0.2) is 5.76 Å². The predicted molar refractivity (Wildman–Crippen MR) is 68.0 cm³/mol. The molecule has 20 heavy (non-hydrogen) atoms. The average Bonchev–Trinajstić information content (AvgIpc) is 3.04. The van der Waals surface area contributed by atoms with Crippen molar-refractivity contribution >= 4 is 0 Å². The monoisotopic (exact) mass is 291 g/mol. The van der Waals surface area contributed by atoms with E-state index < -0.39 is 12.7 Å². The molecule has 7 heteroatoms. The van der Waals surface area contributed by atoms with E-state index in [9.17, 15) is 13.2 Å². The second-order valence-corrected chi connectivity index (χ2v) is 5.55. The largest absolute Gasteiger partial charge is 0.401 e. The summed E-state index contributed by atoms with van der Waals surface area (Å²) in [5.74, 6) is 0.468. The van der Waals surface area contributed by atoms with Gasteiger partial charge in [-0.1, -0.05) is 5.16 Å². The standard InChI is InChI=1S/C13H20F3N3O/c1-9(2)19(8-13(14,15)16)7-12-5-11(18-20-12)6-17-10-3-4-10/h5,9-10,17H,3-4,6-8H2,1-2H3. The van der Waals surface area contributed by atoms with Crippen LogP contribution in [0.15, 0.2) is 10.6 Å². The molecular weight excluding hydrogens is 271 g/mol. The number of rotatable bonds is 7. The molecule has 1 saturated carbocycles. The third kappa shape index (κ3) is 5.13. The van der Waals surface area contributed by atoms with E-state index in [4.69, 9.17) is 4.52 Å². The minimum Gasteiger partial charge on any atom is -0.360 e. The molecule has 1 aromatic heterocycles. The van der Waals surface area contributed by atoms with Crippen LogP contribution in [0.5, 0.6) is 0 Å². The molecule has 4 nitrogen and oxygen atoms in total. The van der Waals surface area contributed by atoms with Crippen LogP contribution in [-0.4, -0.2) is 34.9 Å². The van der Waals surface area contributed by atoms with Crippen molar-refractivity contribution in [2.45, 2.75) is 58.0 Å². The Morgan fingerprint density at radius 3 is 2.70 bits per heavy atom. The number of nitrogens with one attached hydrogen (secondary N) is 1. The summed E-state index contributed by atoms with van der Waals surface area (Å²) >= 11 is 0. The Hall–Kier alpha value is -1.08. The maximum atomic E-state index is 12.5. The van der Waals surface area contributed by atoms with Gasteiger partial charge in [0.2, 0.25) is 0 Å². The maximum absolute atomic E-state index is 12.5. The van der Waals surface area contributed by atoms with Gasteiger partial charge in [-0.2, -0.15) is 13.2 Å². The highest BCUT2D eigenvalue weighted by Crippen LogP contribution is 2.21. The minimum absolute atomic E-state index is 0.119. The van der Waals surface area contributed by atoms with E-state index >= 15 is 0 Å². The zero-order valence-electron chi connectivity index (χ0n) is 11.7. The first kappa shape index (κ1) is 15.3.